The smallest absolute Gasteiger partial charge is 0.227 e. The standard InChI is InChI=1S/C14H23N3O2/c1-3-18-12-9-11(14(12)6-4-7-14)15-8-5-13-16-10(2)17-19-13/h11-12,15H,3-9H2,1-2H3. The minimum absolute atomic E-state index is 0.431. The third kappa shape index (κ3) is 2.30. The molecule has 0 aliphatic heterocycles. The summed E-state index contributed by atoms with van der Waals surface area (Å²) in [5.74, 6) is 1.44. The number of ether oxygens (including phenoxy) is 1. The number of nitrogens with one attached hydrogen (secondary N) is 1. The van der Waals surface area contributed by atoms with Crippen LogP contribution in [0.2, 0.25) is 0 Å². The van der Waals surface area contributed by atoms with Crippen molar-refractivity contribution in [2.75, 3.05) is 13.2 Å². The highest BCUT2D eigenvalue weighted by molar-refractivity contribution is 5.12. The Morgan fingerprint density at radius 3 is 2.89 bits per heavy atom. The van der Waals surface area contributed by atoms with Gasteiger partial charge in [-0.3, -0.25) is 0 Å². The molecule has 106 valence electrons. The lowest BCUT2D eigenvalue weighted by molar-refractivity contribution is -0.172. The third-order valence-corrected chi connectivity index (χ3v) is 4.74. The molecule has 2 unspecified atom stereocenters. The molecule has 1 heterocycles. The minimum atomic E-state index is 0.431. The Bertz CT molecular complexity index is 428. The highest BCUT2D eigenvalue weighted by Crippen LogP contribution is 2.57. The van der Waals surface area contributed by atoms with Crippen molar-refractivity contribution in [1.82, 2.24) is 15.5 Å². The lowest BCUT2D eigenvalue weighted by Crippen LogP contribution is -2.67. The number of aromatic nitrogens is 2. The Morgan fingerprint density at radius 1 is 1.47 bits per heavy atom. The summed E-state index contributed by atoms with van der Waals surface area (Å²) >= 11 is 0. The van der Waals surface area contributed by atoms with Crippen molar-refractivity contribution in [2.24, 2.45) is 5.41 Å². The largest absolute Gasteiger partial charge is 0.378 e. The van der Waals surface area contributed by atoms with Gasteiger partial charge in [-0.15, -0.1) is 0 Å². The first-order valence-electron chi connectivity index (χ1n) is 7.39. The van der Waals surface area contributed by atoms with Gasteiger partial charge in [-0.25, -0.2) is 0 Å². The molecule has 2 fully saturated rings. The van der Waals surface area contributed by atoms with Gasteiger partial charge in [-0.05, 0) is 33.1 Å². The van der Waals surface area contributed by atoms with Gasteiger partial charge in [0.05, 0.1) is 6.10 Å². The van der Waals surface area contributed by atoms with Crippen LogP contribution in [0.1, 0.15) is 44.3 Å². The molecule has 1 aromatic heterocycles. The fourth-order valence-electron chi connectivity index (χ4n) is 3.52. The zero-order valence-electron chi connectivity index (χ0n) is 11.8. The summed E-state index contributed by atoms with van der Waals surface area (Å²) in [5, 5.41) is 7.46. The van der Waals surface area contributed by atoms with E-state index in [0.717, 1.165) is 31.9 Å². The van der Waals surface area contributed by atoms with Gasteiger partial charge in [0.2, 0.25) is 5.89 Å². The molecule has 2 saturated carbocycles. The first-order valence-corrected chi connectivity index (χ1v) is 7.39. The molecule has 5 heteroatoms. The first kappa shape index (κ1) is 13.1. The molecule has 19 heavy (non-hydrogen) atoms. The molecule has 1 spiro atoms. The van der Waals surface area contributed by atoms with E-state index in [4.69, 9.17) is 9.26 Å². The van der Waals surface area contributed by atoms with Crippen LogP contribution in [-0.4, -0.2) is 35.4 Å². The Labute approximate surface area is 114 Å². The predicted octanol–water partition coefficient (Wildman–Crippen LogP) is 1.86. The number of rotatable bonds is 6. The number of nitrogens with zero attached hydrogens (tertiary/aromatic N) is 2. The average Bonchev–Trinajstić information content (AvgIpc) is 2.70. The van der Waals surface area contributed by atoms with Gasteiger partial charge in [-0.1, -0.05) is 11.6 Å². The third-order valence-electron chi connectivity index (χ3n) is 4.74. The van der Waals surface area contributed by atoms with Gasteiger partial charge in [-0.2, -0.15) is 4.98 Å². The van der Waals surface area contributed by atoms with E-state index >= 15 is 0 Å². The van der Waals surface area contributed by atoms with E-state index in [9.17, 15) is 0 Å². The van der Waals surface area contributed by atoms with Crippen molar-refractivity contribution >= 4 is 0 Å². The van der Waals surface area contributed by atoms with Gasteiger partial charge in [0.25, 0.3) is 0 Å². The van der Waals surface area contributed by atoms with E-state index in [-0.39, 0.29) is 0 Å². The van der Waals surface area contributed by atoms with Crippen LogP contribution in [-0.2, 0) is 11.2 Å². The van der Waals surface area contributed by atoms with E-state index in [2.05, 4.69) is 22.4 Å². The predicted molar refractivity (Wildman–Crippen MR) is 70.8 cm³/mol. The van der Waals surface area contributed by atoms with Crippen molar-refractivity contribution in [3.63, 3.8) is 0 Å². The number of hydrogen-bond donors (Lipinski definition) is 1. The van der Waals surface area contributed by atoms with Gasteiger partial charge < -0.3 is 14.6 Å². The summed E-state index contributed by atoms with van der Waals surface area (Å²) < 4.78 is 11.0. The molecule has 5 nitrogen and oxygen atoms in total. The maximum Gasteiger partial charge on any atom is 0.227 e. The molecule has 2 atom stereocenters. The molecule has 1 aromatic rings. The van der Waals surface area contributed by atoms with Crippen molar-refractivity contribution in [3.05, 3.63) is 11.7 Å². The van der Waals surface area contributed by atoms with E-state index in [0.29, 0.717) is 23.4 Å². The molecular weight excluding hydrogens is 242 g/mol. The highest BCUT2D eigenvalue weighted by Gasteiger charge is 2.58. The van der Waals surface area contributed by atoms with E-state index in [1.54, 1.807) is 0 Å². The van der Waals surface area contributed by atoms with Crippen molar-refractivity contribution in [3.8, 4) is 0 Å². The fourth-order valence-corrected chi connectivity index (χ4v) is 3.52. The Morgan fingerprint density at radius 2 is 2.32 bits per heavy atom. The molecule has 3 rings (SSSR count). The van der Waals surface area contributed by atoms with Crippen LogP contribution in [0.4, 0.5) is 0 Å². The Balaban J connectivity index is 1.46. The second-order valence-corrected chi connectivity index (χ2v) is 5.76. The van der Waals surface area contributed by atoms with Crippen molar-refractivity contribution < 1.29 is 9.26 Å². The van der Waals surface area contributed by atoms with E-state index < -0.39 is 0 Å². The summed E-state index contributed by atoms with van der Waals surface area (Å²) in [6, 6.07) is 0.613. The minimum Gasteiger partial charge on any atom is -0.378 e. The zero-order valence-corrected chi connectivity index (χ0v) is 11.8. The van der Waals surface area contributed by atoms with Crippen LogP contribution < -0.4 is 5.32 Å². The molecular formula is C14H23N3O2. The van der Waals surface area contributed by atoms with E-state index in [1.807, 2.05) is 6.92 Å². The molecule has 0 radical (unpaired) electrons. The summed E-state index contributed by atoms with van der Waals surface area (Å²) in [5.41, 5.74) is 0.431. The maximum atomic E-state index is 5.85. The lowest BCUT2D eigenvalue weighted by Gasteiger charge is -2.61. The van der Waals surface area contributed by atoms with Crippen LogP contribution in [0.15, 0.2) is 4.52 Å². The van der Waals surface area contributed by atoms with Crippen LogP contribution >= 0.6 is 0 Å². The van der Waals surface area contributed by atoms with Crippen LogP contribution in [0.5, 0.6) is 0 Å². The first-order chi connectivity index (χ1) is 9.24. The second kappa shape index (κ2) is 5.21. The number of aryl methyl sites for hydroxylation is 1. The molecule has 1 N–H and O–H groups in total. The van der Waals surface area contributed by atoms with Crippen LogP contribution in [0.3, 0.4) is 0 Å². The topological polar surface area (TPSA) is 60.2 Å². The van der Waals surface area contributed by atoms with Gasteiger partial charge in [0.1, 0.15) is 0 Å². The summed E-state index contributed by atoms with van der Waals surface area (Å²) in [7, 11) is 0. The molecule has 0 aromatic carbocycles. The Kier molecular flexibility index (Phi) is 3.58. The molecule has 0 bridgehead atoms. The summed E-state index contributed by atoms with van der Waals surface area (Å²) in [4.78, 5) is 4.22. The van der Waals surface area contributed by atoms with E-state index in [1.165, 1.54) is 19.3 Å². The van der Waals surface area contributed by atoms with Crippen molar-refractivity contribution in [2.45, 2.75) is 58.1 Å². The fraction of sp³-hybridized carbons (Fsp3) is 0.857. The lowest BCUT2D eigenvalue weighted by atomic mass is 9.51. The molecule has 2 aliphatic rings. The zero-order chi connectivity index (χ0) is 13.3. The SMILES string of the molecule is CCOC1CC(NCCc2nc(C)no2)C12CCC2. The van der Waals surface area contributed by atoms with Gasteiger partial charge in [0, 0.05) is 31.0 Å². The monoisotopic (exact) mass is 265 g/mol. The average molecular weight is 265 g/mol. The molecule has 2 aliphatic carbocycles. The maximum absolute atomic E-state index is 5.85. The normalized spacial score (nSPS) is 28.1. The van der Waals surface area contributed by atoms with Gasteiger partial charge >= 0.3 is 0 Å². The summed E-state index contributed by atoms with van der Waals surface area (Å²) in [6.45, 7) is 5.68. The van der Waals surface area contributed by atoms with Crippen LogP contribution in [0, 0.1) is 12.3 Å². The Hall–Kier alpha value is -0.940. The summed E-state index contributed by atoms with van der Waals surface area (Å²) in [6.07, 6.45) is 6.42. The molecule has 0 amide bonds. The number of hydrogen-bond acceptors (Lipinski definition) is 5. The molecule has 0 saturated heterocycles. The van der Waals surface area contributed by atoms with Crippen LogP contribution in [0.25, 0.3) is 0 Å². The quantitative estimate of drug-likeness (QED) is 0.850. The second-order valence-electron chi connectivity index (χ2n) is 5.76. The highest BCUT2D eigenvalue weighted by atomic mass is 16.5. The van der Waals surface area contributed by atoms with Gasteiger partial charge in [0.15, 0.2) is 5.82 Å². The van der Waals surface area contributed by atoms with Crippen molar-refractivity contribution in [1.29, 1.82) is 0 Å².